The normalized spacial score (nSPS) is 10.2. The molecule has 0 aliphatic heterocycles. The van der Waals surface area contributed by atoms with Gasteiger partial charge in [-0.15, -0.1) is 0 Å². The van der Waals surface area contributed by atoms with Crippen molar-refractivity contribution in [2.24, 2.45) is 0 Å². The second-order valence-corrected chi connectivity index (χ2v) is 5.22. The minimum absolute atomic E-state index is 0.247. The van der Waals surface area contributed by atoms with Gasteiger partial charge in [-0.05, 0) is 29.8 Å². The van der Waals surface area contributed by atoms with Crippen LogP contribution in [0.2, 0.25) is 10.0 Å². The van der Waals surface area contributed by atoms with Crippen LogP contribution in [0.15, 0.2) is 30.3 Å². The summed E-state index contributed by atoms with van der Waals surface area (Å²) in [4.78, 5) is 12.1. The minimum Gasteiger partial charge on any atom is -0.493 e. The average molecular weight is 340 g/mol. The van der Waals surface area contributed by atoms with E-state index in [4.69, 9.17) is 32.7 Å². The van der Waals surface area contributed by atoms with Gasteiger partial charge in [0.25, 0.3) is 5.91 Å². The third-order valence-corrected chi connectivity index (χ3v) is 4.04. The molecule has 0 unspecified atom stereocenters. The quantitative estimate of drug-likeness (QED) is 0.914. The summed E-state index contributed by atoms with van der Waals surface area (Å²) in [5, 5.41) is 3.28. The summed E-state index contributed by atoms with van der Waals surface area (Å²) in [6, 6.07) is 8.53. The van der Waals surface area contributed by atoms with Crippen LogP contribution in [0.3, 0.4) is 0 Å². The fourth-order valence-electron chi connectivity index (χ4n) is 2.15. The third-order valence-electron chi connectivity index (χ3n) is 3.24. The van der Waals surface area contributed by atoms with Gasteiger partial charge in [-0.2, -0.15) is 0 Å². The van der Waals surface area contributed by atoms with Crippen molar-refractivity contribution < 1.29 is 14.3 Å². The molecule has 0 spiro atoms. The Morgan fingerprint density at radius 3 is 2.32 bits per heavy atom. The summed E-state index contributed by atoms with van der Waals surface area (Å²) >= 11 is 12.4. The molecule has 1 amide bonds. The van der Waals surface area contributed by atoms with Crippen molar-refractivity contribution in [1.82, 2.24) is 5.32 Å². The van der Waals surface area contributed by atoms with E-state index >= 15 is 0 Å². The second-order valence-electron chi connectivity index (χ2n) is 4.43. The molecular formula is C16H15Cl2NO3. The Morgan fingerprint density at radius 1 is 1.05 bits per heavy atom. The van der Waals surface area contributed by atoms with Crippen LogP contribution in [0.25, 0.3) is 11.1 Å². The van der Waals surface area contributed by atoms with Crippen LogP contribution in [-0.2, 0) is 0 Å². The number of carbonyl (C=O) groups is 1. The molecule has 0 aliphatic carbocycles. The van der Waals surface area contributed by atoms with E-state index in [1.807, 2.05) is 0 Å². The number of nitrogens with one attached hydrogen (secondary N) is 1. The first-order valence-electron chi connectivity index (χ1n) is 6.46. The molecule has 2 aromatic carbocycles. The predicted molar refractivity (Wildman–Crippen MR) is 88.4 cm³/mol. The number of halogens is 2. The fourth-order valence-corrected chi connectivity index (χ4v) is 2.58. The number of carbonyl (C=O) groups excluding carboxylic acids is 1. The molecule has 0 fully saturated rings. The van der Waals surface area contributed by atoms with Gasteiger partial charge in [0.05, 0.1) is 24.3 Å². The Balaban J connectivity index is 2.70. The van der Waals surface area contributed by atoms with Gasteiger partial charge in [-0.25, -0.2) is 0 Å². The summed E-state index contributed by atoms with van der Waals surface area (Å²) in [5.41, 5.74) is 1.70. The lowest BCUT2D eigenvalue weighted by Crippen LogP contribution is -2.18. The Hall–Kier alpha value is -1.91. The number of hydrogen-bond donors (Lipinski definition) is 1. The fraction of sp³-hybridized carbons (Fsp3) is 0.188. The van der Waals surface area contributed by atoms with Crippen molar-refractivity contribution in [2.75, 3.05) is 21.3 Å². The maximum absolute atomic E-state index is 12.1. The van der Waals surface area contributed by atoms with Crippen LogP contribution in [0.5, 0.6) is 11.5 Å². The molecule has 0 saturated heterocycles. The van der Waals surface area contributed by atoms with Crippen molar-refractivity contribution in [3.8, 4) is 22.6 Å². The van der Waals surface area contributed by atoms with E-state index in [0.717, 1.165) is 0 Å². The molecule has 116 valence electrons. The molecule has 2 aromatic rings. The highest BCUT2D eigenvalue weighted by atomic mass is 35.5. The van der Waals surface area contributed by atoms with E-state index < -0.39 is 0 Å². The van der Waals surface area contributed by atoms with Crippen molar-refractivity contribution in [1.29, 1.82) is 0 Å². The molecule has 4 nitrogen and oxygen atoms in total. The van der Waals surface area contributed by atoms with Gasteiger partial charge in [-0.3, -0.25) is 4.79 Å². The minimum atomic E-state index is -0.247. The number of hydrogen-bond acceptors (Lipinski definition) is 3. The molecule has 0 atom stereocenters. The number of rotatable bonds is 4. The number of ether oxygens (including phenoxy) is 2. The van der Waals surface area contributed by atoms with E-state index in [2.05, 4.69) is 5.32 Å². The Kier molecular flexibility index (Phi) is 5.16. The first-order valence-corrected chi connectivity index (χ1v) is 7.21. The van der Waals surface area contributed by atoms with E-state index in [1.54, 1.807) is 51.6 Å². The van der Waals surface area contributed by atoms with Crippen molar-refractivity contribution in [3.63, 3.8) is 0 Å². The SMILES string of the molecule is CNC(=O)c1ccc(Cl)c(Cl)c1-c1ccc(OC)c(OC)c1. The lowest BCUT2D eigenvalue weighted by Gasteiger charge is -2.14. The van der Waals surface area contributed by atoms with Gasteiger partial charge in [-0.1, -0.05) is 29.3 Å². The zero-order valence-electron chi connectivity index (χ0n) is 12.4. The highest BCUT2D eigenvalue weighted by Crippen LogP contribution is 2.40. The number of benzene rings is 2. The van der Waals surface area contributed by atoms with Crippen LogP contribution >= 0.6 is 23.2 Å². The lowest BCUT2D eigenvalue weighted by atomic mass is 9.98. The van der Waals surface area contributed by atoms with E-state index in [0.29, 0.717) is 38.2 Å². The molecule has 0 saturated carbocycles. The van der Waals surface area contributed by atoms with Crippen LogP contribution in [0.4, 0.5) is 0 Å². The monoisotopic (exact) mass is 339 g/mol. The summed E-state index contributed by atoms with van der Waals surface area (Å²) in [6.07, 6.45) is 0. The molecule has 0 radical (unpaired) electrons. The zero-order valence-corrected chi connectivity index (χ0v) is 13.9. The van der Waals surface area contributed by atoms with Crippen molar-refractivity contribution in [3.05, 3.63) is 45.9 Å². The summed E-state index contributed by atoms with van der Waals surface area (Å²) in [6.45, 7) is 0. The number of methoxy groups -OCH3 is 2. The molecule has 0 heterocycles. The zero-order chi connectivity index (χ0) is 16.3. The molecule has 6 heteroatoms. The standard InChI is InChI=1S/C16H15Cl2NO3/c1-19-16(20)10-5-6-11(17)15(18)14(10)9-4-7-12(21-2)13(8-9)22-3/h4-8H,1-3H3,(H,19,20). The second kappa shape index (κ2) is 6.90. The Bertz CT molecular complexity index is 717. The van der Waals surface area contributed by atoms with Crippen molar-refractivity contribution in [2.45, 2.75) is 0 Å². The maximum atomic E-state index is 12.1. The van der Waals surface area contributed by atoms with Crippen LogP contribution in [0, 0.1) is 0 Å². The van der Waals surface area contributed by atoms with Gasteiger partial charge >= 0.3 is 0 Å². The van der Waals surface area contributed by atoms with Crippen molar-refractivity contribution >= 4 is 29.1 Å². The lowest BCUT2D eigenvalue weighted by molar-refractivity contribution is 0.0963. The molecule has 2 rings (SSSR count). The molecule has 1 N–H and O–H groups in total. The van der Waals surface area contributed by atoms with E-state index in [1.165, 1.54) is 0 Å². The van der Waals surface area contributed by atoms with E-state index in [9.17, 15) is 4.79 Å². The van der Waals surface area contributed by atoms with Gasteiger partial charge in [0.2, 0.25) is 0 Å². The smallest absolute Gasteiger partial charge is 0.251 e. The first-order chi connectivity index (χ1) is 10.5. The van der Waals surface area contributed by atoms with Gasteiger partial charge in [0.15, 0.2) is 11.5 Å². The Morgan fingerprint density at radius 2 is 1.73 bits per heavy atom. The molecular weight excluding hydrogens is 325 g/mol. The van der Waals surface area contributed by atoms with Gasteiger partial charge < -0.3 is 14.8 Å². The van der Waals surface area contributed by atoms with Crippen LogP contribution < -0.4 is 14.8 Å². The summed E-state index contributed by atoms with van der Waals surface area (Å²) in [7, 11) is 4.66. The highest BCUT2D eigenvalue weighted by Gasteiger charge is 2.18. The number of amides is 1. The Labute approximate surface area is 138 Å². The van der Waals surface area contributed by atoms with E-state index in [-0.39, 0.29) is 5.91 Å². The van der Waals surface area contributed by atoms with Crippen LogP contribution in [0.1, 0.15) is 10.4 Å². The molecule has 0 aromatic heterocycles. The first kappa shape index (κ1) is 16.5. The molecule has 0 bridgehead atoms. The predicted octanol–water partition coefficient (Wildman–Crippen LogP) is 4.04. The average Bonchev–Trinajstić information content (AvgIpc) is 2.55. The van der Waals surface area contributed by atoms with Gasteiger partial charge in [0.1, 0.15) is 0 Å². The topological polar surface area (TPSA) is 47.6 Å². The molecule has 0 aliphatic rings. The summed E-state index contributed by atoms with van der Waals surface area (Å²) < 4.78 is 10.5. The van der Waals surface area contributed by atoms with Crippen LogP contribution in [-0.4, -0.2) is 27.2 Å². The highest BCUT2D eigenvalue weighted by molar-refractivity contribution is 6.44. The molecule has 22 heavy (non-hydrogen) atoms. The summed E-state index contributed by atoms with van der Waals surface area (Å²) in [5.74, 6) is 0.883. The van der Waals surface area contributed by atoms with Gasteiger partial charge in [0, 0.05) is 18.2 Å². The third kappa shape index (κ3) is 2.98. The largest absolute Gasteiger partial charge is 0.493 e. The maximum Gasteiger partial charge on any atom is 0.251 e.